The van der Waals surface area contributed by atoms with Gasteiger partial charge in [0, 0.05) is 32.4 Å². The lowest BCUT2D eigenvalue weighted by Gasteiger charge is -2.32. The predicted molar refractivity (Wildman–Crippen MR) is 82.7 cm³/mol. The van der Waals surface area contributed by atoms with E-state index in [2.05, 4.69) is 22.1 Å². The second-order valence-corrected chi connectivity index (χ2v) is 5.87. The average Bonchev–Trinajstić information content (AvgIpc) is 3.08. The van der Waals surface area contributed by atoms with Crippen LogP contribution in [0.25, 0.3) is 0 Å². The Bertz CT molecular complexity index is 500. The zero-order chi connectivity index (χ0) is 15.4. The van der Waals surface area contributed by atoms with Gasteiger partial charge in [0.05, 0.1) is 12.7 Å². The highest BCUT2D eigenvalue weighted by atomic mass is 16.5. The fourth-order valence-electron chi connectivity index (χ4n) is 2.82. The van der Waals surface area contributed by atoms with Crippen molar-refractivity contribution in [1.82, 2.24) is 10.3 Å². The molecule has 0 radical (unpaired) electrons. The Labute approximate surface area is 130 Å². The van der Waals surface area contributed by atoms with Gasteiger partial charge >= 0.3 is 0 Å². The summed E-state index contributed by atoms with van der Waals surface area (Å²) < 4.78 is 10.9. The van der Waals surface area contributed by atoms with Crippen molar-refractivity contribution in [2.75, 3.05) is 31.2 Å². The van der Waals surface area contributed by atoms with Gasteiger partial charge in [-0.1, -0.05) is 6.07 Å². The van der Waals surface area contributed by atoms with Crippen LogP contribution < -0.4 is 10.2 Å². The number of amides is 1. The monoisotopic (exact) mass is 305 g/mol. The van der Waals surface area contributed by atoms with Crippen molar-refractivity contribution in [2.45, 2.75) is 38.5 Å². The molecule has 6 heteroatoms. The number of hydrogen-bond donors (Lipinski definition) is 1. The van der Waals surface area contributed by atoms with Crippen LogP contribution in [-0.2, 0) is 20.8 Å². The van der Waals surface area contributed by atoms with E-state index < -0.39 is 0 Å². The molecule has 1 N–H and O–H groups in total. The molecular formula is C16H23N3O3. The van der Waals surface area contributed by atoms with Gasteiger partial charge < -0.3 is 19.7 Å². The molecule has 3 heterocycles. The van der Waals surface area contributed by atoms with Gasteiger partial charge in [-0.15, -0.1) is 0 Å². The molecule has 6 nitrogen and oxygen atoms in total. The molecule has 0 spiro atoms. The molecule has 2 saturated heterocycles. The minimum atomic E-state index is -0.276. The number of hydrogen-bond acceptors (Lipinski definition) is 5. The van der Waals surface area contributed by atoms with E-state index >= 15 is 0 Å². The summed E-state index contributed by atoms with van der Waals surface area (Å²) in [5.41, 5.74) is 0.997. The Hall–Kier alpha value is -1.66. The summed E-state index contributed by atoms with van der Waals surface area (Å²) in [7, 11) is 0. The molecule has 2 aliphatic heterocycles. The number of aromatic nitrogens is 1. The maximum Gasteiger partial charge on any atom is 0.249 e. The molecule has 1 aromatic heterocycles. The Morgan fingerprint density at radius 3 is 3.00 bits per heavy atom. The first-order valence-corrected chi connectivity index (χ1v) is 7.93. The highest BCUT2D eigenvalue weighted by molar-refractivity contribution is 5.80. The molecule has 2 atom stereocenters. The molecule has 0 aromatic carbocycles. The molecule has 0 saturated carbocycles. The van der Waals surface area contributed by atoms with Gasteiger partial charge in [0.2, 0.25) is 5.91 Å². The lowest BCUT2D eigenvalue weighted by molar-refractivity contribution is -0.130. The summed E-state index contributed by atoms with van der Waals surface area (Å²) >= 11 is 0. The van der Waals surface area contributed by atoms with E-state index in [-0.39, 0.29) is 18.1 Å². The fourth-order valence-corrected chi connectivity index (χ4v) is 2.82. The molecule has 1 amide bonds. The van der Waals surface area contributed by atoms with Gasteiger partial charge in [0.15, 0.2) is 0 Å². The third-order valence-corrected chi connectivity index (χ3v) is 4.06. The predicted octanol–water partition coefficient (Wildman–Crippen LogP) is 1.10. The van der Waals surface area contributed by atoms with Gasteiger partial charge in [0.25, 0.3) is 0 Å². The summed E-state index contributed by atoms with van der Waals surface area (Å²) in [6, 6.07) is 4.02. The maximum atomic E-state index is 11.9. The maximum absolute atomic E-state index is 11.9. The Morgan fingerprint density at radius 1 is 1.41 bits per heavy atom. The summed E-state index contributed by atoms with van der Waals surface area (Å²) in [5.74, 6) is 0.938. The molecule has 2 unspecified atom stereocenters. The minimum absolute atomic E-state index is 0.0245. The molecule has 2 fully saturated rings. The highest BCUT2D eigenvalue weighted by Crippen LogP contribution is 2.16. The molecule has 22 heavy (non-hydrogen) atoms. The van der Waals surface area contributed by atoms with E-state index in [0.717, 1.165) is 43.9 Å². The average molecular weight is 305 g/mol. The first-order valence-electron chi connectivity index (χ1n) is 7.93. The normalized spacial score (nSPS) is 25.2. The molecule has 3 rings (SSSR count). The van der Waals surface area contributed by atoms with Crippen molar-refractivity contribution in [1.29, 1.82) is 0 Å². The van der Waals surface area contributed by atoms with E-state index in [9.17, 15) is 4.79 Å². The standard InChI is InChI=1S/C16H23N3O3/c1-12-11-19(6-8-21-12)15-5-4-13(9-17-15)10-18-16(20)14-3-2-7-22-14/h4-5,9,12,14H,2-3,6-8,10-11H2,1H3,(H,18,20). The van der Waals surface area contributed by atoms with Crippen LogP contribution in [0.2, 0.25) is 0 Å². The quantitative estimate of drug-likeness (QED) is 0.902. The molecule has 2 aliphatic rings. The van der Waals surface area contributed by atoms with E-state index in [0.29, 0.717) is 13.2 Å². The van der Waals surface area contributed by atoms with Crippen LogP contribution in [0.1, 0.15) is 25.3 Å². The van der Waals surface area contributed by atoms with Gasteiger partial charge in [-0.3, -0.25) is 4.79 Å². The third kappa shape index (κ3) is 3.75. The van der Waals surface area contributed by atoms with Crippen LogP contribution in [0.4, 0.5) is 5.82 Å². The number of nitrogens with one attached hydrogen (secondary N) is 1. The van der Waals surface area contributed by atoms with E-state index in [1.165, 1.54) is 0 Å². The number of morpholine rings is 1. The first kappa shape index (κ1) is 15.2. The van der Waals surface area contributed by atoms with Gasteiger partial charge in [-0.05, 0) is 31.4 Å². The van der Waals surface area contributed by atoms with Crippen LogP contribution >= 0.6 is 0 Å². The third-order valence-electron chi connectivity index (χ3n) is 4.06. The van der Waals surface area contributed by atoms with E-state index in [4.69, 9.17) is 9.47 Å². The SMILES string of the molecule is CC1CN(c2ccc(CNC(=O)C3CCCO3)cn2)CCO1. The van der Waals surface area contributed by atoms with Gasteiger partial charge in [-0.25, -0.2) is 4.98 Å². The Kier molecular flexibility index (Phi) is 4.90. The zero-order valence-corrected chi connectivity index (χ0v) is 13.0. The van der Waals surface area contributed by atoms with E-state index in [1.54, 1.807) is 0 Å². The highest BCUT2D eigenvalue weighted by Gasteiger charge is 2.23. The number of nitrogens with zero attached hydrogens (tertiary/aromatic N) is 2. The summed E-state index contributed by atoms with van der Waals surface area (Å²) in [5, 5.41) is 2.91. The molecule has 1 aromatic rings. The van der Waals surface area contributed by atoms with Crippen LogP contribution in [0, 0.1) is 0 Å². The molecule has 120 valence electrons. The number of rotatable bonds is 4. The summed E-state index contributed by atoms with van der Waals surface area (Å²) in [6.07, 6.45) is 3.57. The van der Waals surface area contributed by atoms with Crippen LogP contribution in [0.5, 0.6) is 0 Å². The van der Waals surface area contributed by atoms with Gasteiger partial charge in [-0.2, -0.15) is 0 Å². The topological polar surface area (TPSA) is 63.7 Å². The van der Waals surface area contributed by atoms with Crippen LogP contribution in [-0.4, -0.2) is 49.4 Å². The van der Waals surface area contributed by atoms with Crippen molar-refractivity contribution in [3.63, 3.8) is 0 Å². The van der Waals surface area contributed by atoms with Crippen molar-refractivity contribution in [3.8, 4) is 0 Å². The number of carbonyl (C=O) groups is 1. The fraction of sp³-hybridized carbons (Fsp3) is 0.625. The van der Waals surface area contributed by atoms with Crippen LogP contribution in [0.15, 0.2) is 18.3 Å². The lowest BCUT2D eigenvalue weighted by Crippen LogP contribution is -2.41. The second-order valence-electron chi connectivity index (χ2n) is 5.87. The number of pyridine rings is 1. The van der Waals surface area contributed by atoms with Crippen molar-refractivity contribution in [2.24, 2.45) is 0 Å². The summed E-state index contributed by atoms with van der Waals surface area (Å²) in [6.45, 7) is 5.72. The largest absolute Gasteiger partial charge is 0.375 e. The molecular weight excluding hydrogens is 282 g/mol. The minimum Gasteiger partial charge on any atom is -0.375 e. The Balaban J connectivity index is 1.51. The summed E-state index contributed by atoms with van der Waals surface area (Å²) in [4.78, 5) is 18.6. The van der Waals surface area contributed by atoms with Crippen molar-refractivity contribution < 1.29 is 14.3 Å². The number of anilines is 1. The van der Waals surface area contributed by atoms with Crippen molar-refractivity contribution in [3.05, 3.63) is 23.9 Å². The molecule has 0 bridgehead atoms. The second kappa shape index (κ2) is 7.07. The number of ether oxygens (including phenoxy) is 2. The smallest absolute Gasteiger partial charge is 0.249 e. The molecule has 0 aliphatic carbocycles. The van der Waals surface area contributed by atoms with Crippen LogP contribution in [0.3, 0.4) is 0 Å². The lowest BCUT2D eigenvalue weighted by atomic mass is 10.2. The number of carbonyl (C=O) groups excluding carboxylic acids is 1. The Morgan fingerprint density at radius 2 is 2.32 bits per heavy atom. The first-order chi connectivity index (χ1) is 10.7. The zero-order valence-electron chi connectivity index (χ0n) is 13.0. The van der Waals surface area contributed by atoms with Gasteiger partial charge in [0.1, 0.15) is 11.9 Å². The van der Waals surface area contributed by atoms with Crippen molar-refractivity contribution >= 4 is 11.7 Å². The van der Waals surface area contributed by atoms with E-state index in [1.807, 2.05) is 18.3 Å².